The van der Waals surface area contributed by atoms with Crippen LogP contribution >= 0.6 is 11.3 Å². The fraction of sp³-hybridized carbons (Fsp3) is 0.643. The van der Waals surface area contributed by atoms with Crippen LogP contribution in [0.4, 0.5) is 0 Å². The summed E-state index contributed by atoms with van der Waals surface area (Å²) in [6.45, 7) is 7.82. The third-order valence-corrected chi connectivity index (χ3v) is 4.61. The molecule has 0 spiro atoms. The number of carbonyl (C=O) groups excluding carboxylic acids is 1. The van der Waals surface area contributed by atoms with Gasteiger partial charge in [0, 0.05) is 50.0 Å². The Morgan fingerprint density at radius 2 is 2.26 bits per heavy atom. The molecule has 1 saturated heterocycles. The van der Waals surface area contributed by atoms with Gasteiger partial charge in [0.15, 0.2) is 0 Å². The highest BCUT2D eigenvalue weighted by Gasteiger charge is 2.29. The molecule has 1 atom stereocenters. The molecule has 2 rings (SSSR count). The normalized spacial score (nSPS) is 20.5. The van der Waals surface area contributed by atoms with E-state index in [9.17, 15) is 4.79 Å². The van der Waals surface area contributed by atoms with Gasteiger partial charge < -0.3 is 10.2 Å². The van der Waals surface area contributed by atoms with Gasteiger partial charge >= 0.3 is 0 Å². The van der Waals surface area contributed by atoms with Crippen LogP contribution in [0, 0.1) is 13.8 Å². The Bertz CT molecular complexity index is 456. The van der Waals surface area contributed by atoms with Gasteiger partial charge in [-0.25, -0.2) is 0 Å². The van der Waals surface area contributed by atoms with E-state index >= 15 is 0 Å². The molecule has 2 heterocycles. The van der Waals surface area contributed by atoms with Crippen molar-refractivity contribution in [3.8, 4) is 0 Å². The molecule has 106 valence electrons. The van der Waals surface area contributed by atoms with Gasteiger partial charge in [-0.05, 0) is 25.5 Å². The summed E-state index contributed by atoms with van der Waals surface area (Å²) < 4.78 is 0. The van der Waals surface area contributed by atoms with Gasteiger partial charge in [-0.1, -0.05) is 0 Å². The van der Waals surface area contributed by atoms with Crippen LogP contribution in [0.1, 0.15) is 15.3 Å². The second-order valence-corrected chi connectivity index (χ2v) is 6.82. The molecule has 4 nitrogen and oxygen atoms in total. The summed E-state index contributed by atoms with van der Waals surface area (Å²) in [5.41, 5.74) is 1.36. The molecule has 19 heavy (non-hydrogen) atoms. The molecule has 1 N–H and O–H groups in total. The number of amides is 1. The Hall–Kier alpha value is -0.910. The summed E-state index contributed by atoms with van der Waals surface area (Å²) in [6.07, 6.45) is 0. The van der Waals surface area contributed by atoms with E-state index in [0.29, 0.717) is 0 Å². The zero-order valence-corrected chi connectivity index (χ0v) is 13.0. The predicted molar refractivity (Wildman–Crippen MR) is 79.6 cm³/mol. The third kappa shape index (κ3) is 3.35. The molecule has 0 saturated carbocycles. The van der Waals surface area contributed by atoms with E-state index in [1.54, 1.807) is 4.90 Å². The topological polar surface area (TPSA) is 35.6 Å². The number of nitrogens with one attached hydrogen (secondary N) is 1. The van der Waals surface area contributed by atoms with Crippen molar-refractivity contribution in [1.29, 1.82) is 0 Å². The Morgan fingerprint density at radius 1 is 1.53 bits per heavy atom. The molecular weight excluding hydrogens is 258 g/mol. The van der Waals surface area contributed by atoms with Gasteiger partial charge in [0.1, 0.15) is 6.04 Å². The van der Waals surface area contributed by atoms with Crippen molar-refractivity contribution in [2.24, 2.45) is 0 Å². The first kappa shape index (κ1) is 14.5. The van der Waals surface area contributed by atoms with Crippen LogP contribution in [0.25, 0.3) is 0 Å². The number of rotatable bonds is 3. The zero-order chi connectivity index (χ0) is 14.0. The molecule has 1 amide bonds. The number of thiophene rings is 1. The van der Waals surface area contributed by atoms with Crippen LogP contribution in [0.2, 0.25) is 0 Å². The molecule has 1 aromatic rings. The summed E-state index contributed by atoms with van der Waals surface area (Å²) in [7, 11) is 3.66. The fourth-order valence-electron chi connectivity index (χ4n) is 2.54. The van der Waals surface area contributed by atoms with E-state index in [1.807, 2.05) is 25.4 Å². The molecule has 1 aliphatic heterocycles. The van der Waals surface area contributed by atoms with Crippen LogP contribution in [0.3, 0.4) is 0 Å². The molecular formula is C14H23N3OS. The maximum Gasteiger partial charge on any atom is 0.240 e. The molecule has 1 unspecified atom stereocenters. The van der Waals surface area contributed by atoms with Gasteiger partial charge in [-0.2, -0.15) is 0 Å². The van der Waals surface area contributed by atoms with Gasteiger partial charge in [-0.15, -0.1) is 11.3 Å². The summed E-state index contributed by atoms with van der Waals surface area (Å²) in [5, 5.41) is 3.32. The number of carbonyl (C=O) groups is 1. The minimum absolute atomic E-state index is 0.0386. The summed E-state index contributed by atoms with van der Waals surface area (Å²) >= 11 is 1.84. The summed E-state index contributed by atoms with van der Waals surface area (Å²) in [6, 6.07) is 2.21. The van der Waals surface area contributed by atoms with Crippen molar-refractivity contribution in [3.63, 3.8) is 0 Å². The number of aryl methyl sites for hydroxylation is 2. The lowest BCUT2D eigenvalue weighted by Gasteiger charge is -2.36. The maximum absolute atomic E-state index is 12.2. The van der Waals surface area contributed by atoms with E-state index in [2.05, 4.69) is 30.1 Å². The van der Waals surface area contributed by atoms with Crippen molar-refractivity contribution in [2.45, 2.75) is 26.4 Å². The highest BCUT2D eigenvalue weighted by atomic mass is 32.1. The quantitative estimate of drug-likeness (QED) is 0.905. The van der Waals surface area contributed by atoms with Crippen LogP contribution in [0.15, 0.2) is 6.07 Å². The molecule has 5 heteroatoms. The van der Waals surface area contributed by atoms with Crippen molar-refractivity contribution in [3.05, 3.63) is 21.4 Å². The first-order chi connectivity index (χ1) is 8.99. The van der Waals surface area contributed by atoms with Gasteiger partial charge in [-0.3, -0.25) is 9.69 Å². The Morgan fingerprint density at radius 3 is 2.84 bits per heavy atom. The second kappa shape index (κ2) is 6.03. The molecule has 0 bridgehead atoms. The van der Waals surface area contributed by atoms with E-state index < -0.39 is 0 Å². The van der Waals surface area contributed by atoms with E-state index in [0.717, 1.165) is 26.2 Å². The van der Waals surface area contributed by atoms with Crippen molar-refractivity contribution >= 4 is 17.2 Å². The number of hydrogen-bond acceptors (Lipinski definition) is 4. The zero-order valence-electron chi connectivity index (χ0n) is 12.2. The van der Waals surface area contributed by atoms with E-state index in [4.69, 9.17) is 0 Å². The molecule has 0 aliphatic carbocycles. The van der Waals surface area contributed by atoms with Crippen LogP contribution in [-0.2, 0) is 11.3 Å². The summed E-state index contributed by atoms with van der Waals surface area (Å²) in [5.74, 6) is 0.191. The Labute approximate surface area is 119 Å². The highest BCUT2D eigenvalue weighted by molar-refractivity contribution is 7.12. The average Bonchev–Trinajstić information content (AvgIpc) is 2.67. The second-order valence-electron chi connectivity index (χ2n) is 5.36. The monoisotopic (exact) mass is 281 g/mol. The molecule has 0 radical (unpaired) electrons. The van der Waals surface area contributed by atoms with E-state index in [-0.39, 0.29) is 11.9 Å². The van der Waals surface area contributed by atoms with Crippen LogP contribution < -0.4 is 5.32 Å². The smallest absolute Gasteiger partial charge is 0.240 e. The third-order valence-electron chi connectivity index (χ3n) is 3.60. The number of likely N-dealkylation sites (N-methyl/N-ethyl adjacent to an activating group) is 1. The first-order valence-corrected chi connectivity index (χ1v) is 7.52. The van der Waals surface area contributed by atoms with Gasteiger partial charge in [0.05, 0.1) is 0 Å². The summed E-state index contributed by atoms with van der Waals surface area (Å²) in [4.78, 5) is 18.9. The number of nitrogens with zero attached hydrogens (tertiary/aromatic N) is 2. The standard InChI is InChI=1S/C14H23N3OS/c1-10-7-12(11(2)19-10)9-17-6-5-15-8-13(17)14(18)16(3)4/h7,13,15H,5-6,8-9H2,1-4H3. The van der Waals surface area contributed by atoms with Crippen molar-refractivity contribution < 1.29 is 4.79 Å². The molecule has 1 fully saturated rings. The average molecular weight is 281 g/mol. The largest absolute Gasteiger partial charge is 0.347 e. The SMILES string of the molecule is Cc1cc(CN2CCNCC2C(=O)N(C)C)c(C)s1. The number of hydrogen-bond donors (Lipinski definition) is 1. The van der Waals surface area contributed by atoms with Gasteiger partial charge in [0.25, 0.3) is 0 Å². The molecule has 0 aromatic carbocycles. The lowest BCUT2D eigenvalue weighted by atomic mass is 10.1. The fourth-order valence-corrected chi connectivity index (χ4v) is 3.48. The van der Waals surface area contributed by atoms with Crippen LogP contribution in [-0.4, -0.2) is 55.5 Å². The maximum atomic E-state index is 12.2. The first-order valence-electron chi connectivity index (χ1n) is 6.71. The molecule has 1 aliphatic rings. The van der Waals surface area contributed by atoms with Crippen LogP contribution in [0.5, 0.6) is 0 Å². The Kier molecular flexibility index (Phi) is 4.60. The highest BCUT2D eigenvalue weighted by Crippen LogP contribution is 2.23. The lowest BCUT2D eigenvalue weighted by molar-refractivity contribution is -0.135. The molecule has 1 aromatic heterocycles. The predicted octanol–water partition coefficient (Wildman–Crippen LogP) is 1.23. The minimum Gasteiger partial charge on any atom is -0.347 e. The van der Waals surface area contributed by atoms with Crippen molar-refractivity contribution in [1.82, 2.24) is 15.1 Å². The number of piperazine rings is 1. The Balaban J connectivity index is 2.12. The lowest BCUT2D eigenvalue weighted by Crippen LogP contribution is -2.57. The van der Waals surface area contributed by atoms with Crippen molar-refractivity contribution in [2.75, 3.05) is 33.7 Å². The minimum atomic E-state index is -0.0386. The van der Waals surface area contributed by atoms with Gasteiger partial charge in [0.2, 0.25) is 5.91 Å². The van der Waals surface area contributed by atoms with E-state index in [1.165, 1.54) is 15.3 Å².